The lowest BCUT2D eigenvalue weighted by Crippen LogP contribution is -2.53. The Kier molecular flexibility index (Phi) is 4.68. The van der Waals surface area contributed by atoms with Crippen molar-refractivity contribution in [3.8, 4) is 5.82 Å². The van der Waals surface area contributed by atoms with E-state index in [2.05, 4.69) is 52.7 Å². The molecule has 0 aromatic carbocycles. The van der Waals surface area contributed by atoms with Crippen molar-refractivity contribution in [1.29, 1.82) is 0 Å². The van der Waals surface area contributed by atoms with Crippen molar-refractivity contribution in [2.75, 3.05) is 38.3 Å². The Labute approximate surface area is 160 Å². The van der Waals surface area contributed by atoms with Crippen LogP contribution in [-0.4, -0.2) is 53.7 Å². The zero-order chi connectivity index (χ0) is 19.0. The summed E-state index contributed by atoms with van der Waals surface area (Å²) in [4.78, 5) is 21.9. The van der Waals surface area contributed by atoms with Crippen LogP contribution in [0, 0.1) is 5.92 Å². The van der Waals surface area contributed by atoms with Gasteiger partial charge in [-0.3, -0.25) is 4.79 Å². The first kappa shape index (κ1) is 18.0. The number of hydrogen-bond acceptors (Lipinski definition) is 4. The summed E-state index contributed by atoms with van der Waals surface area (Å²) < 4.78 is 7.60. The van der Waals surface area contributed by atoms with Crippen LogP contribution in [0.1, 0.15) is 32.4 Å². The van der Waals surface area contributed by atoms with Crippen LogP contribution in [0.4, 0.5) is 5.69 Å². The van der Waals surface area contributed by atoms with Crippen LogP contribution in [0.15, 0.2) is 36.7 Å². The van der Waals surface area contributed by atoms with Crippen molar-refractivity contribution in [3.63, 3.8) is 0 Å². The third kappa shape index (κ3) is 2.92. The number of likely N-dealkylation sites (tertiary alicyclic amines) is 1. The lowest BCUT2D eigenvalue weighted by Gasteiger charge is -2.47. The number of carbonyl (C=O) groups is 1. The Hall–Kier alpha value is -2.34. The predicted molar refractivity (Wildman–Crippen MR) is 105 cm³/mol. The van der Waals surface area contributed by atoms with Gasteiger partial charge in [0, 0.05) is 45.6 Å². The Morgan fingerprint density at radius 2 is 2.19 bits per heavy atom. The fraction of sp³-hybridized carbons (Fsp3) is 0.524. The van der Waals surface area contributed by atoms with Crippen LogP contribution in [0.5, 0.6) is 0 Å². The Bertz CT molecular complexity index is 831. The number of hydrogen-bond donors (Lipinski definition) is 0. The number of rotatable bonds is 5. The number of anilines is 1. The standard InChI is InChI=1S/C21H28N4O2/c1-16(2)14-19(26)23-11-8-21(15-23)18-7-5-10-24(18)20-17(6-4-9-22-20)25(21)12-13-27-3/h4-7,9-10,16H,8,11-15H2,1-3H3/t21-/m0/s1. The van der Waals surface area contributed by atoms with Gasteiger partial charge < -0.3 is 19.1 Å². The van der Waals surface area contributed by atoms with Gasteiger partial charge in [-0.05, 0) is 36.6 Å². The van der Waals surface area contributed by atoms with E-state index in [4.69, 9.17) is 4.74 Å². The number of fused-ring (bicyclic) bond motifs is 4. The van der Waals surface area contributed by atoms with Gasteiger partial charge in [0.05, 0.1) is 18.0 Å². The van der Waals surface area contributed by atoms with Gasteiger partial charge in [0.1, 0.15) is 5.54 Å². The average Bonchev–Trinajstić information content (AvgIpc) is 3.30. The molecule has 2 aromatic heterocycles. The Balaban J connectivity index is 1.76. The molecule has 0 N–H and O–H groups in total. The van der Waals surface area contributed by atoms with E-state index < -0.39 is 0 Å². The minimum absolute atomic E-state index is 0.231. The number of nitrogens with zero attached hydrogens (tertiary/aromatic N) is 4. The molecule has 6 nitrogen and oxygen atoms in total. The molecule has 0 bridgehead atoms. The van der Waals surface area contributed by atoms with Gasteiger partial charge in [-0.2, -0.15) is 0 Å². The number of pyridine rings is 1. The number of amides is 1. The lowest BCUT2D eigenvalue weighted by molar-refractivity contribution is -0.131. The summed E-state index contributed by atoms with van der Waals surface area (Å²) in [5.41, 5.74) is 2.09. The zero-order valence-electron chi connectivity index (χ0n) is 16.4. The fourth-order valence-corrected chi connectivity index (χ4v) is 4.53. The van der Waals surface area contributed by atoms with E-state index in [0.29, 0.717) is 25.5 Å². The second-order valence-electron chi connectivity index (χ2n) is 7.95. The highest BCUT2D eigenvalue weighted by Crippen LogP contribution is 2.46. The van der Waals surface area contributed by atoms with Crippen LogP contribution >= 0.6 is 0 Å². The quantitative estimate of drug-likeness (QED) is 0.814. The molecule has 4 heterocycles. The lowest BCUT2D eigenvalue weighted by atomic mass is 9.89. The topological polar surface area (TPSA) is 50.6 Å². The van der Waals surface area contributed by atoms with E-state index in [9.17, 15) is 4.79 Å². The third-order valence-electron chi connectivity index (χ3n) is 5.73. The Morgan fingerprint density at radius 1 is 1.33 bits per heavy atom. The first-order chi connectivity index (χ1) is 13.1. The van der Waals surface area contributed by atoms with Crippen LogP contribution in [0.3, 0.4) is 0 Å². The van der Waals surface area contributed by atoms with Gasteiger partial charge >= 0.3 is 0 Å². The zero-order valence-corrected chi connectivity index (χ0v) is 16.4. The third-order valence-corrected chi connectivity index (χ3v) is 5.73. The summed E-state index contributed by atoms with van der Waals surface area (Å²) in [6.07, 6.45) is 5.43. The molecule has 2 aromatic rings. The van der Waals surface area contributed by atoms with E-state index >= 15 is 0 Å². The van der Waals surface area contributed by atoms with E-state index in [1.807, 2.05) is 17.2 Å². The molecule has 6 heteroatoms. The number of methoxy groups -OCH3 is 1. The van der Waals surface area contributed by atoms with Crippen molar-refractivity contribution >= 4 is 11.6 Å². The van der Waals surface area contributed by atoms with Gasteiger partial charge in [-0.15, -0.1) is 0 Å². The largest absolute Gasteiger partial charge is 0.383 e. The molecule has 1 atom stereocenters. The van der Waals surface area contributed by atoms with E-state index in [-0.39, 0.29) is 11.4 Å². The van der Waals surface area contributed by atoms with Crippen molar-refractivity contribution in [2.24, 2.45) is 5.92 Å². The second-order valence-corrected chi connectivity index (χ2v) is 7.95. The molecule has 0 aliphatic carbocycles. The van der Waals surface area contributed by atoms with Crippen molar-refractivity contribution in [2.45, 2.75) is 32.2 Å². The summed E-state index contributed by atoms with van der Waals surface area (Å²) in [6.45, 7) is 7.10. The van der Waals surface area contributed by atoms with Gasteiger partial charge in [-0.1, -0.05) is 13.8 Å². The molecule has 1 spiro atoms. The molecule has 27 heavy (non-hydrogen) atoms. The molecular formula is C21H28N4O2. The first-order valence-corrected chi connectivity index (χ1v) is 9.74. The molecule has 4 rings (SSSR count). The summed E-state index contributed by atoms with van der Waals surface area (Å²) in [6, 6.07) is 8.36. The molecule has 0 radical (unpaired) electrons. The maximum absolute atomic E-state index is 12.8. The summed E-state index contributed by atoms with van der Waals surface area (Å²) in [5, 5.41) is 0. The summed E-state index contributed by atoms with van der Waals surface area (Å²) in [7, 11) is 1.73. The van der Waals surface area contributed by atoms with Crippen molar-refractivity contribution < 1.29 is 9.53 Å². The predicted octanol–water partition coefficient (Wildman–Crippen LogP) is 2.81. The molecule has 1 fully saturated rings. The van der Waals surface area contributed by atoms with Gasteiger partial charge in [0.2, 0.25) is 5.91 Å². The molecule has 1 amide bonds. The molecule has 0 unspecified atom stereocenters. The molecule has 2 aliphatic rings. The van der Waals surface area contributed by atoms with Crippen LogP contribution < -0.4 is 4.90 Å². The highest BCUT2D eigenvalue weighted by atomic mass is 16.5. The maximum atomic E-state index is 12.8. The Morgan fingerprint density at radius 3 is 2.96 bits per heavy atom. The van der Waals surface area contributed by atoms with Crippen LogP contribution in [-0.2, 0) is 15.1 Å². The molecule has 2 aliphatic heterocycles. The van der Waals surface area contributed by atoms with Crippen LogP contribution in [0.25, 0.3) is 5.82 Å². The average molecular weight is 368 g/mol. The number of ether oxygens (including phenoxy) is 1. The molecular weight excluding hydrogens is 340 g/mol. The van der Waals surface area contributed by atoms with Crippen molar-refractivity contribution in [3.05, 3.63) is 42.4 Å². The second kappa shape index (κ2) is 7.00. The van der Waals surface area contributed by atoms with E-state index in [0.717, 1.165) is 31.0 Å². The normalized spacial score (nSPS) is 21.0. The van der Waals surface area contributed by atoms with Crippen molar-refractivity contribution in [1.82, 2.24) is 14.5 Å². The van der Waals surface area contributed by atoms with E-state index in [1.54, 1.807) is 7.11 Å². The SMILES string of the molecule is COCCN1c2cccnc2-n2cccc2[C@@]12CCN(C(=O)CC(C)C)C2. The van der Waals surface area contributed by atoms with Crippen LogP contribution in [0.2, 0.25) is 0 Å². The minimum atomic E-state index is -0.231. The summed E-state index contributed by atoms with van der Waals surface area (Å²) >= 11 is 0. The highest BCUT2D eigenvalue weighted by molar-refractivity contribution is 5.77. The monoisotopic (exact) mass is 368 g/mol. The molecule has 0 saturated carbocycles. The molecule has 144 valence electrons. The maximum Gasteiger partial charge on any atom is 0.222 e. The smallest absolute Gasteiger partial charge is 0.222 e. The minimum Gasteiger partial charge on any atom is -0.383 e. The highest BCUT2D eigenvalue weighted by Gasteiger charge is 2.50. The van der Waals surface area contributed by atoms with Gasteiger partial charge in [0.15, 0.2) is 5.82 Å². The number of aromatic nitrogens is 2. The number of carbonyl (C=O) groups excluding carboxylic acids is 1. The fourth-order valence-electron chi connectivity index (χ4n) is 4.53. The van der Waals surface area contributed by atoms with Gasteiger partial charge in [-0.25, -0.2) is 4.98 Å². The molecule has 1 saturated heterocycles. The first-order valence-electron chi connectivity index (χ1n) is 9.74. The van der Waals surface area contributed by atoms with E-state index in [1.165, 1.54) is 5.69 Å². The summed E-state index contributed by atoms with van der Waals surface area (Å²) in [5.74, 6) is 1.58. The van der Waals surface area contributed by atoms with Gasteiger partial charge in [0.25, 0.3) is 0 Å².